The van der Waals surface area contributed by atoms with Crippen LogP contribution in [0.3, 0.4) is 0 Å². The van der Waals surface area contributed by atoms with Crippen LogP contribution in [0.2, 0.25) is 0 Å². The van der Waals surface area contributed by atoms with Crippen molar-refractivity contribution in [1.29, 1.82) is 0 Å². The van der Waals surface area contributed by atoms with Gasteiger partial charge in [0.25, 0.3) is 17.4 Å². The Labute approximate surface area is 250 Å². The number of alkyl halides is 4. The van der Waals surface area contributed by atoms with Crippen molar-refractivity contribution in [2.45, 2.75) is 38.1 Å². The number of rotatable bonds is 14. The van der Waals surface area contributed by atoms with Crippen LogP contribution in [0.4, 0.5) is 23.2 Å². The average molecular weight is 621 g/mol. The van der Waals surface area contributed by atoms with E-state index in [0.29, 0.717) is 11.1 Å². The molecular formula is C29H32F4N6O5. The maximum absolute atomic E-state index is 14.6. The molecule has 15 heteroatoms. The van der Waals surface area contributed by atoms with Crippen molar-refractivity contribution in [2.24, 2.45) is 11.6 Å². The fraction of sp³-hybridized carbons (Fsp3) is 0.276. The summed E-state index contributed by atoms with van der Waals surface area (Å²) in [5.41, 5.74) is 6.10. The van der Waals surface area contributed by atoms with Crippen molar-refractivity contribution in [3.8, 4) is 5.75 Å². The van der Waals surface area contributed by atoms with Crippen LogP contribution in [0, 0.1) is 0 Å². The van der Waals surface area contributed by atoms with Gasteiger partial charge in [-0.3, -0.25) is 14.4 Å². The molecule has 3 rings (SSSR count). The molecule has 1 aromatic heterocycles. The highest BCUT2D eigenvalue weighted by molar-refractivity contribution is 5.94. The number of methoxy groups -OCH3 is 1. The summed E-state index contributed by atoms with van der Waals surface area (Å²) >= 11 is 0. The predicted molar refractivity (Wildman–Crippen MR) is 153 cm³/mol. The molecule has 3 aromatic rings. The number of hydrogen-bond donors (Lipinski definition) is 4. The first kappa shape index (κ1) is 33.6. The molecule has 2 amide bonds. The molecule has 2 atom stereocenters. The monoisotopic (exact) mass is 620 g/mol. The van der Waals surface area contributed by atoms with Gasteiger partial charge in [-0.25, -0.2) is 10.2 Å². The van der Waals surface area contributed by atoms with E-state index in [1.807, 2.05) is 6.07 Å². The van der Waals surface area contributed by atoms with Crippen LogP contribution >= 0.6 is 0 Å². The summed E-state index contributed by atoms with van der Waals surface area (Å²) in [6, 6.07) is 16.6. The summed E-state index contributed by atoms with van der Waals surface area (Å²) in [5.74, 6) is 4.07. The number of anilines is 1. The summed E-state index contributed by atoms with van der Waals surface area (Å²) in [6.45, 7) is -0.509. The predicted octanol–water partition coefficient (Wildman–Crippen LogP) is 3.09. The number of nitrogens with two attached hydrogens (primary N) is 2. The molecule has 0 radical (unpaired) electrons. The van der Waals surface area contributed by atoms with Gasteiger partial charge in [-0.05, 0) is 35.7 Å². The standard InChI is InChI=1S/C29H32F4N6O5/c1-43-26(20-7-3-2-4-8-20)28(42)37-22-11-13-38(25(40)15-22)12-10-21(30)17-39(35)18-24(34)27(41)36-16-19-6-5-9-23(14-19)44-29(31,32)33/h2-9,11,13-15,18,21,26H,10,12,16-17,34-35H2,1H3,(H,36,41)(H,37,42)/b24-18-. The minimum atomic E-state index is -4.86. The zero-order chi connectivity index (χ0) is 32.3. The van der Waals surface area contributed by atoms with E-state index in [2.05, 4.69) is 15.4 Å². The Morgan fingerprint density at radius 1 is 1.09 bits per heavy atom. The normalized spacial score (nSPS) is 13.1. The lowest BCUT2D eigenvalue weighted by Gasteiger charge is -2.18. The zero-order valence-electron chi connectivity index (χ0n) is 23.6. The second-order valence-electron chi connectivity index (χ2n) is 9.51. The number of aromatic nitrogens is 1. The van der Waals surface area contributed by atoms with E-state index in [0.717, 1.165) is 23.3 Å². The number of carbonyl (C=O) groups is 2. The van der Waals surface area contributed by atoms with Gasteiger partial charge in [0.2, 0.25) is 0 Å². The van der Waals surface area contributed by atoms with Crippen LogP contribution < -0.4 is 32.5 Å². The number of hydrogen-bond acceptors (Lipinski definition) is 8. The first-order valence-corrected chi connectivity index (χ1v) is 13.2. The van der Waals surface area contributed by atoms with Gasteiger partial charge in [-0.2, -0.15) is 0 Å². The van der Waals surface area contributed by atoms with Gasteiger partial charge in [0.1, 0.15) is 17.6 Å². The van der Waals surface area contributed by atoms with E-state index in [-0.39, 0.29) is 37.4 Å². The van der Waals surface area contributed by atoms with Crippen molar-refractivity contribution < 1.29 is 36.6 Å². The quantitative estimate of drug-likeness (QED) is 0.0929. The fourth-order valence-electron chi connectivity index (χ4n) is 4.03. The van der Waals surface area contributed by atoms with E-state index in [1.54, 1.807) is 24.3 Å². The van der Waals surface area contributed by atoms with Crippen LogP contribution in [-0.4, -0.2) is 47.6 Å². The third kappa shape index (κ3) is 10.7. The molecule has 0 aliphatic heterocycles. The molecule has 44 heavy (non-hydrogen) atoms. The number of aryl methyl sites for hydroxylation is 1. The molecule has 0 fully saturated rings. The number of amides is 2. The van der Waals surface area contributed by atoms with Crippen molar-refractivity contribution >= 4 is 17.5 Å². The lowest BCUT2D eigenvalue weighted by molar-refractivity contribution is -0.274. The third-order valence-corrected chi connectivity index (χ3v) is 6.08. The summed E-state index contributed by atoms with van der Waals surface area (Å²) < 4.78 is 62.2. The molecule has 1 heterocycles. The number of pyridine rings is 1. The zero-order valence-corrected chi connectivity index (χ0v) is 23.6. The van der Waals surface area contributed by atoms with Gasteiger partial charge in [0.05, 0.1) is 6.54 Å². The largest absolute Gasteiger partial charge is 0.573 e. The van der Waals surface area contributed by atoms with Gasteiger partial charge in [0, 0.05) is 44.3 Å². The van der Waals surface area contributed by atoms with Crippen molar-refractivity contribution in [3.63, 3.8) is 0 Å². The first-order chi connectivity index (χ1) is 20.8. The highest BCUT2D eigenvalue weighted by atomic mass is 19.4. The van der Waals surface area contributed by atoms with E-state index >= 15 is 0 Å². The maximum Gasteiger partial charge on any atom is 0.573 e. The van der Waals surface area contributed by atoms with E-state index in [9.17, 15) is 31.9 Å². The smallest absolute Gasteiger partial charge is 0.406 e. The van der Waals surface area contributed by atoms with Crippen LogP contribution in [0.1, 0.15) is 23.7 Å². The van der Waals surface area contributed by atoms with Crippen molar-refractivity contribution in [2.75, 3.05) is 19.0 Å². The summed E-state index contributed by atoms with van der Waals surface area (Å²) in [7, 11) is 1.40. The Hall–Kier alpha value is -4.89. The van der Waals surface area contributed by atoms with Crippen LogP contribution in [0.5, 0.6) is 5.75 Å². The van der Waals surface area contributed by atoms with Gasteiger partial charge < -0.3 is 35.4 Å². The minimum Gasteiger partial charge on any atom is -0.406 e. The second-order valence-corrected chi connectivity index (χ2v) is 9.51. The molecule has 2 unspecified atom stereocenters. The molecule has 11 nitrogen and oxygen atoms in total. The molecule has 236 valence electrons. The number of benzene rings is 2. The van der Waals surface area contributed by atoms with E-state index < -0.39 is 41.8 Å². The molecule has 0 bridgehead atoms. The second kappa shape index (κ2) is 15.5. The number of hydrazine groups is 1. The molecular weight excluding hydrogens is 588 g/mol. The highest BCUT2D eigenvalue weighted by Gasteiger charge is 2.31. The minimum absolute atomic E-state index is 0.00355. The Balaban J connectivity index is 1.46. The van der Waals surface area contributed by atoms with Crippen LogP contribution in [0.25, 0.3) is 0 Å². The molecule has 6 N–H and O–H groups in total. The number of nitrogens with zero attached hydrogens (tertiary/aromatic N) is 2. The summed E-state index contributed by atoms with van der Waals surface area (Å²) in [4.78, 5) is 37.4. The fourth-order valence-corrected chi connectivity index (χ4v) is 4.03. The molecule has 0 saturated heterocycles. The highest BCUT2D eigenvalue weighted by Crippen LogP contribution is 2.23. The third-order valence-electron chi connectivity index (χ3n) is 6.08. The van der Waals surface area contributed by atoms with Gasteiger partial charge >= 0.3 is 6.36 Å². The maximum atomic E-state index is 14.6. The summed E-state index contributed by atoms with van der Waals surface area (Å²) in [6.07, 6.45) is -4.92. The lowest BCUT2D eigenvalue weighted by Crippen LogP contribution is -2.36. The van der Waals surface area contributed by atoms with Gasteiger partial charge in [0.15, 0.2) is 6.10 Å². The molecule has 0 aliphatic carbocycles. The lowest BCUT2D eigenvalue weighted by atomic mass is 10.1. The topological polar surface area (TPSA) is 154 Å². The van der Waals surface area contributed by atoms with E-state index in [4.69, 9.17) is 16.3 Å². The SMILES string of the molecule is COC(C(=O)Nc1ccn(CCC(F)CN(N)/C=C(\N)C(=O)NCc2cccc(OC(F)(F)F)c2)c(=O)c1)c1ccccc1. The molecule has 0 spiro atoms. The Morgan fingerprint density at radius 3 is 2.48 bits per heavy atom. The Kier molecular flexibility index (Phi) is 11.9. The Bertz CT molecular complexity index is 1500. The number of nitrogens with one attached hydrogen (secondary N) is 2. The van der Waals surface area contributed by atoms with Crippen molar-refractivity contribution in [3.05, 3.63) is 106 Å². The van der Waals surface area contributed by atoms with Gasteiger partial charge in [-0.15, -0.1) is 13.2 Å². The number of halogens is 4. The Morgan fingerprint density at radius 2 is 1.82 bits per heavy atom. The van der Waals surface area contributed by atoms with Crippen molar-refractivity contribution in [1.82, 2.24) is 14.9 Å². The molecule has 0 aliphatic rings. The number of ether oxygens (including phenoxy) is 2. The molecule has 2 aromatic carbocycles. The van der Waals surface area contributed by atoms with Crippen LogP contribution in [0.15, 0.2) is 89.6 Å². The number of carbonyl (C=O) groups excluding carboxylic acids is 2. The first-order valence-electron chi connectivity index (χ1n) is 13.2. The van der Waals surface area contributed by atoms with E-state index in [1.165, 1.54) is 42.1 Å². The summed E-state index contributed by atoms with van der Waals surface area (Å²) in [5, 5.41) is 5.93. The van der Waals surface area contributed by atoms with Gasteiger partial charge in [-0.1, -0.05) is 42.5 Å². The average Bonchev–Trinajstić information content (AvgIpc) is 2.95. The van der Waals surface area contributed by atoms with Crippen LogP contribution in [-0.2, 0) is 27.4 Å². The molecule has 0 saturated carbocycles.